The Kier molecular flexibility index (Phi) is 5.91. The summed E-state index contributed by atoms with van der Waals surface area (Å²) in [4.78, 5) is 12.4. The predicted molar refractivity (Wildman–Crippen MR) is 106 cm³/mol. The first-order valence-corrected chi connectivity index (χ1v) is 8.41. The third-order valence-corrected chi connectivity index (χ3v) is 3.93. The normalized spacial score (nSPS) is 10.1. The molecule has 0 aliphatic carbocycles. The van der Waals surface area contributed by atoms with Gasteiger partial charge in [0.05, 0.1) is 32.6 Å². The van der Waals surface area contributed by atoms with Crippen molar-refractivity contribution < 1.29 is 19.0 Å². The topological polar surface area (TPSA) is 94.6 Å². The van der Waals surface area contributed by atoms with E-state index in [0.29, 0.717) is 40.1 Å². The van der Waals surface area contributed by atoms with Crippen molar-refractivity contribution in [3.05, 3.63) is 60.2 Å². The zero-order chi connectivity index (χ0) is 19.9. The van der Waals surface area contributed by atoms with Crippen molar-refractivity contribution in [3.8, 4) is 17.2 Å². The van der Waals surface area contributed by atoms with Crippen LogP contribution in [0.15, 0.2) is 54.6 Å². The van der Waals surface area contributed by atoms with Crippen molar-refractivity contribution in [1.29, 1.82) is 0 Å². The van der Waals surface area contributed by atoms with E-state index in [1.54, 1.807) is 62.8 Å². The number of hydrogen-bond acceptors (Lipinski definition) is 7. The van der Waals surface area contributed by atoms with Gasteiger partial charge in [-0.05, 0) is 36.4 Å². The number of nitrogens with zero attached hydrogens (tertiary/aromatic N) is 2. The Bertz CT molecular complexity index is 961. The van der Waals surface area contributed by atoms with E-state index < -0.39 is 0 Å². The summed E-state index contributed by atoms with van der Waals surface area (Å²) in [5, 5.41) is 13.9. The van der Waals surface area contributed by atoms with Crippen molar-refractivity contribution in [2.24, 2.45) is 0 Å². The van der Waals surface area contributed by atoms with Crippen molar-refractivity contribution in [2.45, 2.75) is 0 Å². The molecule has 0 fully saturated rings. The third-order valence-electron chi connectivity index (χ3n) is 3.93. The molecule has 1 aromatic heterocycles. The van der Waals surface area contributed by atoms with Gasteiger partial charge in [-0.2, -0.15) is 0 Å². The van der Waals surface area contributed by atoms with Gasteiger partial charge in [-0.25, -0.2) is 0 Å². The number of carbonyl (C=O) groups is 1. The first-order chi connectivity index (χ1) is 13.6. The Labute approximate surface area is 162 Å². The Morgan fingerprint density at radius 3 is 2.21 bits per heavy atom. The van der Waals surface area contributed by atoms with Crippen LogP contribution >= 0.6 is 0 Å². The summed E-state index contributed by atoms with van der Waals surface area (Å²) < 4.78 is 15.7. The molecule has 0 saturated heterocycles. The number of nitrogens with one attached hydrogen (secondary N) is 2. The van der Waals surface area contributed by atoms with Gasteiger partial charge < -0.3 is 24.8 Å². The molecular weight excluding hydrogens is 360 g/mol. The number of amides is 1. The van der Waals surface area contributed by atoms with E-state index >= 15 is 0 Å². The summed E-state index contributed by atoms with van der Waals surface area (Å²) in [6.07, 6.45) is 0. The van der Waals surface area contributed by atoms with Crippen molar-refractivity contribution in [1.82, 2.24) is 10.2 Å². The molecule has 3 aromatic rings. The molecule has 0 saturated carbocycles. The number of methoxy groups -OCH3 is 3. The molecule has 0 bridgehead atoms. The average molecular weight is 380 g/mol. The zero-order valence-electron chi connectivity index (χ0n) is 15.7. The SMILES string of the molecule is COc1ccc(Nc2ccc(NC(=O)c3ccccc3OC)nn2)c(OC)c1. The van der Waals surface area contributed by atoms with Crippen LogP contribution in [0.4, 0.5) is 17.3 Å². The van der Waals surface area contributed by atoms with Gasteiger partial charge in [0.15, 0.2) is 11.6 Å². The van der Waals surface area contributed by atoms with E-state index in [9.17, 15) is 4.79 Å². The fraction of sp³-hybridized carbons (Fsp3) is 0.150. The van der Waals surface area contributed by atoms with Crippen LogP contribution in [0.2, 0.25) is 0 Å². The molecule has 2 aromatic carbocycles. The molecular formula is C20H20N4O4. The Morgan fingerprint density at radius 2 is 1.54 bits per heavy atom. The molecule has 0 atom stereocenters. The van der Waals surface area contributed by atoms with Gasteiger partial charge in [-0.3, -0.25) is 4.79 Å². The molecule has 1 heterocycles. The van der Waals surface area contributed by atoms with Crippen LogP contribution < -0.4 is 24.8 Å². The lowest BCUT2D eigenvalue weighted by Gasteiger charge is -2.12. The van der Waals surface area contributed by atoms with Crippen molar-refractivity contribution in [2.75, 3.05) is 32.0 Å². The molecule has 1 amide bonds. The fourth-order valence-electron chi connectivity index (χ4n) is 2.52. The molecule has 28 heavy (non-hydrogen) atoms. The van der Waals surface area contributed by atoms with Gasteiger partial charge in [0.25, 0.3) is 5.91 Å². The summed E-state index contributed by atoms with van der Waals surface area (Å²) in [5.41, 5.74) is 1.13. The number of ether oxygens (including phenoxy) is 3. The number of aromatic nitrogens is 2. The van der Waals surface area contributed by atoms with Crippen molar-refractivity contribution >= 4 is 23.2 Å². The highest BCUT2D eigenvalue weighted by atomic mass is 16.5. The summed E-state index contributed by atoms with van der Waals surface area (Å²) >= 11 is 0. The smallest absolute Gasteiger partial charge is 0.260 e. The molecule has 3 rings (SSSR count). The average Bonchev–Trinajstić information content (AvgIpc) is 2.75. The van der Waals surface area contributed by atoms with Crippen LogP contribution in [-0.4, -0.2) is 37.4 Å². The monoisotopic (exact) mass is 380 g/mol. The standard InChI is InChI=1S/C20H20N4O4/c1-26-13-8-9-15(17(12-13)28-3)21-18-10-11-19(24-23-18)22-20(25)14-6-4-5-7-16(14)27-2/h4-12H,1-3H3,(H,21,23)(H,22,24,25). The predicted octanol–water partition coefficient (Wildman–Crippen LogP) is 3.50. The second kappa shape index (κ2) is 8.72. The molecule has 0 aliphatic heterocycles. The summed E-state index contributed by atoms with van der Waals surface area (Å²) in [5.74, 6) is 2.27. The number of benzene rings is 2. The van der Waals surface area contributed by atoms with Gasteiger partial charge >= 0.3 is 0 Å². The van der Waals surface area contributed by atoms with Crippen LogP contribution in [0, 0.1) is 0 Å². The van der Waals surface area contributed by atoms with Gasteiger partial charge in [0, 0.05) is 6.07 Å². The molecule has 0 radical (unpaired) electrons. The highest BCUT2D eigenvalue weighted by Gasteiger charge is 2.13. The molecule has 0 spiro atoms. The van der Waals surface area contributed by atoms with E-state index in [-0.39, 0.29) is 5.91 Å². The first-order valence-electron chi connectivity index (χ1n) is 8.41. The molecule has 0 aliphatic rings. The molecule has 8 nitrogen and oxygen atoms in total. The van der Waals surface area contributed by atoms with E-state index in [4.69, 9.17) is 14.2 Å². The maximum absolute atomic E-state index is 12.4. The third kappa shape index (κ3) is 4.29. The number of hydrogen-bond donors (Lipinski definition) is 2. The zero-order valence-corrected chi connectivity index (χ0v) is 15.7. The van der Waals surface area contributed by atoms with Crippen molar-refractivity contribution in [3.63, 3.8) is 0 Å². The minimum absolute atomic E-state index is 0.322. The first kappa shape index (κ1) is 19.0. The highest BCUT2D eigenvalue weighted by Crippen LogP contribution is 2.31. The van der Waals surface area contributed by atoms with Crippen LogP contribution in [0.3, 0.4) is 0 Å². The molecule has 8 heteroatoms. The molecule has 0 unspecified atom stereocenters. The van der Waals surface area contributed by atoms with Gasteiger partial charge in [0.1, 0.15) is 17.2 Å². The summed E-state index contributed by atoms with van der Waals surface area (Å²) in [6, 6.07) is 15.7. The second-order valence-corrected chi connectivity index (χ2v) is 5.65. The Morgan fingerprint density at radius 1 is 0.821 bits per heavy atom. The van der Waals surface area contributed by atoms with Gasteiger partial charge in [-0.15, -0.1) is 10.2 Å². The number of rotatable bonds is 7. The molecule has 144 valence electrons. The van der Waals surface area contributed by atoms with Gasteiger partial charge in [0.2, 0.25) is 0 Å². The van der Waals surface area contributed by atoms with E-state index in [1.165, 1.54) is 7.11 Å². The van der Waals surface area contributed by atoms with E-state index in [0.717, 1.165) is 0 Å². The van der Waals surface area contributed by atoms with E-state index in [2.05, 4.69) is 20.8 Å². The minimum Gasteiger partial charge on any atom is -0.497 e. The maximum Gasteiger partial charge on any atom is 0.260 e. The largest absolute Gasteiger partial charge is 0.497 e. The molecule has 2 N–H and O–H groups in total. The summed E-state index contributed by atoms with van der Waals surface area (Å²) in [6.45, 7) is 0. The Balaban J connectivity index is 1.71. The number of para-hydroxylation sites is 1. The van der Waals surface area contributed by atoms with Gasteiger partial charge in [-0.1, -0.05) is 12.1 Å². The minimum atomic E-state index is -0.329. The van der Waals surface area contributed by atoms with E-state index in [1.807, 2.05) is 6.07 Å². The van der Waals surface area contributed by atoms with Crippen LogP contribution in [0.5, 0.6) is 17.2 Å². The highest BCUT2D eigenvalue weighted by molar-refractivity contribution is 6.05. The number of anilines is 3. The number of carbonyl (C=O) groups excluding carboxylic acids is 1. The summed E-state index contributed by atoms with van der Waals surface area (Å²) in [7, 11) is 4.67. The fourth-order valence-corrected chi connectivity index (χ4v) is 2.52. The lowest BCUT2D eigenvalue weighted by atomic mass is 10.2. The lowest BCUT2D eigenvalue weighted by Crippen LogP contribution is -2.14. The van der Waals surface area contributed by atoms with Crippen LogP contribution in [0.1, 0.15) is 10.4 Å². The maximum atomic E-state index is 12.4. The van der Waals surface area contributed by atoms with Crippen LogP contribution in [0.25, 0.3) is 0 Å². The quantitative estimate of drug-likeness (QED) is 0.648. The van der Waals surface area contributed by atoms with Crippen LogP contribution in [-0.2, 0) is 0 Å². The lowest BCUT2D eigenvalue weighted by molar-refractivity contribution is 0.102. The second-order valence-electron chi connectivity index (χ2n) is 5.65. The Hall–Kier alpha value is -3.81.